The van der Waals surface area contributed by atoms with E-state index in [9.17, 15) is 0 Å². The minimum atomic E-state index is -0.379. The second kappa shape index (κ2) is 6.80. The number of nitrogens with one attached hydrogen (secondary N) is 1. The lowest BCUT2D eigenvalue weighted by molar-refractivity contribution is 0.598. The van der Waals surface area contributed by atoms with Crippen LogP contribution in [0.3, 0.4) is 0 Å². The first-order valence-electron chi connectivity index (χ1n) is 4.84. The van der Waals surface area contributed by atoms with E-state index in [1.807, 2.05) is 12.3 Å². The van der Waals surface area contributed by atoms with Crippen molar-refractivity contribution >= 4 is 11.3 Å². The number of rotatable bonds is 6. The van der Waals surface area contributed by atoms with Gasteiger partial charge in [0.1, 0.15) is 6.04 Å². The van der Waals surface area contributed by atoms with Crippen LogP contribution in [-0.2, 0) is 0 Å². The van der Waals surface area contributed by atoms with Crippen LogP contribution in [0.1, 0.15) is 23.2 Å². The summed E-state index contributed by atoms with van der Waals surface area (Å²) in [6.07, 6.45) is 0.714. The minimum absolute atomic E-state index is 0.379. The van der Waals surface area contributed by atoms with Gasteiger partial charge in [-0.1, -0.05) is 5.11 Å². The Morgan fingerprint density at radius 2 is 2.62 bits per heavy atom. The SMILES string of the molecule is Cc1nc(C(C#N)NCCCN=[N+]=[N-])cs1. The number of hydrogen-bond donors (Lipinski definition) is 1. The van der Waals surface area contributed by atoms with Gasteiger partial charge in [0, 0.05) is 16.8 Å². The van der Waals surface area contributed by atoms with Crippen LogP contribution in [-0.4, -0.2) is 18.1 Å². The quantitative estimate of drug-likeness (QED) is 0.355. The molecule has 0 aliphatic rings. The van der Waals surface area contributed by atoms with Crippen LogP contribution in [0.5, 0.6) is 0 Å². The van der Waals surface area contributed by atoms with Gasteiger partial charge in [-0.05, 0) is 25.4 Å². The third-order valence-electron chi connectivity index (χ3n) is 1.91. The number of thiazole rings is 1. The average Bonchev–Trinajstić information content (AvgIpc) is 2.70. The summed E-state index contributed by atoms with van der Waals surface area (Å²) in [5.74, 6) is 0. The summed E-state index contributed by atoms with van der Waals surface area (Å²) >= 11 is 1.53. The molecule has 1 heterocycles. The fourth-order valence-electron chi connectivity index (χ4n) is 1.17. The monoisotopic (exact) mass is 236 g/mol. The summed E-state index contributed by atoms with van der Waals surface area (Å²) in [4.78, 5) is 6.90. The number of aromatic nitrogens is 1. The standard InChI is InChI=1S/C9H12N6S/c1-7-14-9(6-16-7)8(5-10)12-3-2-4-13-15-11/h6,8,12H,2-4H2,1H3. The van der Waals surface area contributed by atoms with Crippen LogP contribution >= 0.6 is 11.3 Å². The molecule has 1 unspecified atom stereocenters. The van der Waals surface area contributed by atoms with Gasteiger partial charge in [-0.25, -0.2) is 4.98 Å². The normalized spacial score (nSPS) is 11.5. The molecular weight excluding hydrogens is 224 g/mol. The van der Waals surface area contributed by atoms with E-state index in [-0.39, 0.29) is 6.04 Å². The molecule has 1 aromatic rings. The van der Waals surface area contributed by atoms with Crippen molar-refractivity contribution in [1.29, 1.82) is 5.26 Å². The molecule has 0 fully saturated rings. The van der Waals surface area contributed by atoms with Crippen LogP contribution in [0.15, 0.2) is 10.5 Å². The molecular formula is C9H12N6S. The van der Waals surface area contributed by atoms with E-state index >= 15 is 0 Å². The lowest BCUT2D eigenvalue weighted by Crippen LogP contribution is -2.21. The van der Waals surface area contributed by atoms with E-state index in [1.54, 1.807) is 0 Å². The molecule has 0 bridgehead atoms. The van der Waals surface area contributed by atoms with Gasteiger partial charge >= 0.3 is 0 Å². The molecule has 1 atom stereocenters. The van der Waals surface area contributed by atoms with E-state index in [4.69, 9.17) is 10.8 Å². The highest BCUT2D eigenvalue weighted by molar-refractivity contribution is 7.09. The molecule has 16 heavy (non-hydrogen) atoms. The largest absolute Gasteiger partial charge is 0.297 e. The van der Waals surface area contributed by atoms with Crippen LogP contribution in [0, 0.1) is 18.3 Å². The predicted molar refractivity (Wildman–Crippen MR) is 61.8 cm³/mol. The highest BCUT2D eigenvalue weighted by atomic mass is 32.1. The van der Waals surface area contributed by atoms with Crippen molar-refractivity contribution in [3.63, 3.8) is 0 Å². The van der Waals surface area contributed by atoms with Crippen LogP contribution in [0.4, 0.5) is 0 Å². The molecule has 6 nitrogen and oxygen atoms in total. The molecule has 0 aromatic carbocycles. The summed E-state index contributed by atoms with van der Waals surface area (Å²) in [5.41, 5.74) is 8.84. The van der Waals surface area contributed by atoms with Crippen LogP contribution in [0.2, 0.25) is 0 Å². The number of nitriles is 1. The molecule has 0 saturated heterocycles. The van der Waals surface area contributed by atoms with Gasteiger partial charge in [-0.3, -0.25) is 5.32 Å². The molecule has 0 amide bonds. The first-order valence-corrected chi connectivity index (χ1v) is 5.71. The maximum Gasteiger partial charge on any atom is 0.139 e. The number of azide groups is 1. The summed E-state index contributed by atoms with van der Waals surface area (Å²) in [5, 5.41) is 18.3. The first kappa shape index (κ1) is 12.5. The molecule has 0 aliphatic heterocycles. The zero-order valence-corrected chi connectivity index (χ0v) is 9.74. The highest BCUT2D eigenvalue weighted by Crippen LogP contribution is 2.15. The van der Waals surface area contributed by atoms with Crippen molar-refractivity contribution in [3.8, 4) is 6.07 Å². The number of hydrogen-bond acceptors (Lipinski definition) is 5. The Morgan fingerprint density at radius 1 is 1.81 bits per heavy atom. The lowest BCUT2D eigenvalue weighted by atomic mass is 10.2. The average molecular weight is 236 g/mol. The first-order chi connectivity index (χ1) is 7.77. The summed E-state index contributed by atoms with van der Waals surface area (Å²) in [7, 11) is 0. The molecule has 0 radical (unpaired) electrons. The molecule has 7 heteroatoms. The number of aryl methyl sites for hydroxylation is 1. The topological polar surface area (TPSA) is 97.5 Å². The summed E-state index contributed by atoms with van der Waals surface area (Å²) in [6, 6.07) is 1.77. The van der Waals surface area contributed by atoms with Gasteiger partial charge in [0.2, 0.25) is 0 Å². The van der Waals surface area contributed by atoms with Crippen molar-refractivity contribution in [2.45, 2.75) is 19.4 Å². The van der Waals surface area contributed by atoms with Crippen molar-refractivity contribution in [3.05, 3.63) is 26.5 Å². The van der Waals surface area contributed by atoms with Crippen molar-refractivity contribution in [1.82, 2.24) is 10.3 Å². The predicted octanol–water partition coefficient (Wildman–Crippen LogP) is 2.31. The minimum Gasteiger partial charge on any atom is -0.297 e. The van der Waals surface area contributed by atoms with Gasteiger partial charge in [-0.2, -0.15) is 5.26 Å². The lowest BCUT2D eigenvalue weighted by Gasteiger charge is -2.07. The maximum absolute atomic E-state index is 8.96. The van der Waals surface area contributed by atoms with Crippen molar-refractivity contribution in [2.75, 3.05) is 13.1 Å². The van der Waals surface area contributed by atoms with Gasteiger partial charge < -0.3 is 0 Å². The third kappa shape index (κ3) is 3.87. The third-order valence-corrected chi connectivity index (χ3v) is 2.70. The Balaban J connectivity index is 2.39. The molecule has 0 aliphatic carbocycles. The Hall–Kier alpha value is -1.61. The Labute approximate surface area is 97.6 Å². The fourth-order valence-corrected chi connectivity index (χ4v) is 1.81. The molecule has 84 valence electrons. The molecule has 1 aromatic heterocycles. The zero-order valence-electron chi connectivity index (χ0n) is 8.92. The number of nitrogens with zero attached hydrogens (tertiary/aromatic N) is 5. The molecule has 0 saturated carbocycles. The highest BCUT2D eigenvalue weighted by Gasteiger charge is 2.11. The van der Waals surface area contributed by atoms with Gasteiger partial charge in [0.05, 0.1) is 16.8 Å². The van der Waals surface area contributed by atoms with E-state index in [2.05, 4.69) is 26.4 Å². The second-order valence-corrected chi connectivity index (χ2v) is 4.18. The zero-order chi connectivity index (χ0) is 11.8. The molecule has 1 rings (SSSR count). The smallest absolute Gasteiger partial charge is 0.139 e. The van der Waals surface area contributed by atoms with E-state index < -0.39 is 0 Å². The van der Waals surface area contributed by atoms with E-state index in [0.29, 0.717) is 19.5 Å². The molecule has 0 spiro atoms. The second-order valence-electron chi connectivity index (χ2n) is 3.12. The van der Waals surface area contributed by atoms with Gasteiger partial charge in [0.25, 0.3) is 0 Å². The van der Waals surface area contributed by atoms with Gasteiger partial charge in [0.15, 0.2) is 0 Å². The Morgan fingerprint density at radius 3 is 3.19 bits per heavy atom. The van der Waals surface area contributed by atoms with E-state index in [0.717, 1.165) is 10.7 Å². The summed E-state index contributed by atoms with van der Waals surface area (Å²) in [6.45, 7) is 2.98. The van der Waals surface area contributed by atoms with Crippen LogP contribution in [0.25, 0.3) is 10.4 Å². The van der Waals surface area contributed by atoms with E-state index in [1.165, 1.54) is 11.3 Å². The summed E-state index contributed by atoms with van der Waals surface area (Å²) < 4.78 is 0. The van der Waals surface area contributed by atoms with Gasteiger partial charge in [-0.15, -0.1) is 11.3 Å². The van der Waals surface area contributed by atoms with Crippen LogP contribution < -0.4 is 5.32 Å². The Bertz CT molecular complexity index is 414. The fraction of sp³-hybridized carbons (Fsp3) is 0.556. The molecule has 1 N–H and O–H groups in total. The maximum atomic E-state index is 8.96. The van der Waals surface area contributed by atoms with Crippen molar-refractivity contribution < 1.29 is 0 Å². The van der Waals surface area contributed by atoms with Crippen molar-refractivity contribution in [2.24, 2.45) is 5.11 Å². The Kier molecular flexibility index (Phi) is 5.29.